The molecule has 1 aliphatic rings. The molecule has 1 N–H and O–H groups in total. The number of aromatic nitrogens is 1. The zero-order valence-corrected chi connectivity index (χ0v) is 9.67. The van der Waals surface area contributed by atoms with Crippen LogP contribution in [0.1, 0.15) is 19.8 Å². The molecular weight excluding hydrogens is 222 g/mol. The largest absolute Gasteiger partial charge is 0.388 e. The van der Waals surface area contributed by atoms with Crippen molar-refractivity contribution in [1.29, 1.82) is 0 Å². The summed E-state index contributed by atoms with van der Waals surface area (Å²) in [6.07, 6.45) is 3.17. The molecule has 6 nitrogen and oxygen atoms in total. The number of pyridine rings is 1. The van der Waals surface area contributed by atoms with Crippen LogP contribution in [0.2, 0.25) is 0 Å². The molecule has 1 fully saturated rings. The van der Waals surface area contributed by atoms with Crippen LogP contribution in [0.25, 0.3) is 0 Å². The zero-order valence-electron chi connectivity index (χ0n) is 9.67. The van der Waals surface area contributed by atoms with Gasteiger partial charge in [-0.25, -0.2) is 0 Å². The molecule has 2 heterocycles. The monoisotopic (exact) mass is 237 g/mol. The lowest BCUT2D eigenvalue weighted by Crippen LogP contribution is -2.46. The molecule has 0 amide bonds. The van der Waals surface area contributed by atoms with Gasteiger partial charge in [-0.05, 0) is 35.7 Å². The summed E-state index contributed by atoms with van der Waals surface area (Å²) in [5.74, 6) is -0.155. The van der Waals surface area contributed by atoms with E-state index in [0.717, 1.165) is 25.1 Å². The molecule has 1 aromatic heterocycles. The number of anilines is 1. The average Bonchev–Trinajstić information content (AvgIpc) is 2.28. The Hall–Kier alpha value is -1.69. The van der Waals surface area contributed by atoms with E-state index in [0.29, 0.717) is 6.54 Å². The van der Waals surface area contributed by atoms with E-state index in [9.17, 15) is 15.2 Å². The Labute approximate surface area is 99.0 Å². The molecule has 0 spiro atoms. The first-order chi connectivity index (χ1) is 7.98. The van der Waals surface area contributed by atoms with Crippen molar-refractivity contribution in [2.24, 2.45) is 0 Å². The van der Waals surface area contributed by atoms with E-state index in [1.807, 2.05) is 4.90 Å². The molecule has 92 valence electrons. The Morgan fingerprint density at radius 2 is 2.35 bits per heavy atom. The molecule has 0 saturated carbocycles. The topological polar surface area (TPSA) is 79.5 Å². The predicted molar refractivity (Wildman–Crippen MR) is 63.0 cm³/mol. The van der Waals surface area contributed by atoms with Crippen LogP contribution in [0.3, 0.4) is 0 Å². The summed E-state index contributed by atoms with van der Waals surface area (Å²) in [7, 11) is 0. The number of piperidine rings is 1. The lowest BCUT2D eigenvalue weighted by Gasteiger charge is -2.37. The van der Waals surface area contributed by atoms with Crippen LogP contribution in [0, 0.1) is 10.1 Å². The number of rotatable bonds is 2. The minimum Gasteiger partial charge on any atom is -0.388 e. The highest BCUT2D eigenvalue weighted by Crippen LogP contribution is 2.25. The van der Waals surface area contributed by atoms with E-state index in [4.69, 9.17) is 0 Å². The Morgan fingerprint density at radius 3 is 2.88 bits per heavy atom. The second-order valence-corrected chi connectivity index (χ2v) is 4.65. The Morgan fingerprint density at radius 1 is 1.59 bits per heavy atom. The molecule has 0 aromatic carbocycles. The first kappa shape index (κ1) is 11.8. The van der Waals surface area contributed by atoms with Gasteiger partial charge in [-0.1, -0.05) is 0 Å². The van der Waals surface area contributed by atoms with Crippen molar-refractivity contribution in [3.63, 3.8) is 0 Å². The number of hydrogen-bond acceptors (Lipinski definition) is 5. The van der Waals surface area contributed by atoms with Gasteiger partial charge in [0.2, 0.25) is 0 Å². The van der Waals surface area contributed by atoms with Crippen LogP contribution >= 0.6 is 0 Å². The summed E-state index contributed by atoms with van der Waals surface area (Å²) >= 11 is 0. The van der Waals surface area contributed by atoms with Gasteiger partial charge in [0.25, 0.3) is 0 Å². The summed E-state index contributed by atoms with van der Waals surface area (Å²) in [5.41, 5.74) is 0.121. The Bertz CT molecular complexity index is 416. The molecule has 1 saturated heterocycles. The molecule has 2 rings (SSSR count). The third kappa shape index (κ3) is 2.71. The lowest BCUT2D eigenvalue weighted by atomic mass is 9.95. The summed E-state index contributed by atoms with van der Waals surface area (Å²) in [5, 5.41) is 20.5. The highest BCUT2D eigenvalue weighted by Gasteiger charge is 2.29. The maximum absolute atomic E-state index is 10.5. The lowest BCUT2D eigenvalue weighted by molar-refractivity contribution is -0.389. The number of hydrogen-bond donors (Lipinski definition) is 1. The zero-order chi connectivity index (χ0) is 12.5. The number of nitro groups is 1. The normalized spacial score (nSPS) is 24.7. The van der Waals surface area contributed by atoms with Gasteiger partial charge in [-0.2, -0.15) is 0 Å². The average molecular weight is 237 g/mol. The molecule has 0 radical (unpaired) electrons. The van der Waals surface area contributed by atoms with Gasteiger partial charge in [0.1, 0.15) is 0 Å². The van der Waals surface area contributed by atoms with Crippen molar-refractivity contribution >= 4 is 11.5 Å². The van der Waals surface area contributed by atoms with Gasteiger partial charge in [0.05, 0.1) is 11.3 Å². The standard InChI is InChI=1S/C11H15N3O3/c1-11(15)5-2-6-13(8-11)9-3-4-10(12-7-9)14(16)17/h3-4,7,15H,2,5-6,8H2,1H3. The third-order valence-corrected chi connectivity index (χ3v) is 2.96. The number of aliphatic hydroxyl groups is 1. The molecule has 17 heavy (non-hydrogen) atoms. The molecule has 1 unspecified atom stereocenters. The minimum atomic E-state index is -0.694. The fourth-order valence-electron chi connectivity index (χ4n) is 2.11. The molecule has 0 aliphatic carbocycles. The van der Waals surface area contributed by atoms with E-state index in [1.165, 1.54) is 12.3 Å². The van der Waals surface area contributed by atoms with Gasteiger partial charge in [0.15, 0.2) is 6.20 Å². The maximum Gasteiger partial charge on any atom is 0.363 e. The van der Waals surface area contributed by atoms with Crippen LogP contribution in [0.4, 0.5) is 11.5 Å². The van der Waals surface area contributed by atoms with Crippen LogP contribution in [0.5, 0.6) is 0 Å². The quantitative estimate of drug-likeness (QED) is 0.620. The smallest absolute Gasteiger partial charge is 0.363 e. The van der Waals surface area contributed by atoms with Gasteiger partial charge in [-0.3, -0.25) is 0 Å². The fourth-order valence-corrected chi connectivity index (χ4v) is 2.11. The summed E-state index contributed by atoms with van der Waals surface area (Å²) in [4.78, 5) is 15.7. The fraction of sp³-hybridized carbons (Fsp3) is 0.545. The molecular formula is C11H15N3O3. The summed E-state index contributed by atoms with van der Waals surface area (Å²) < 4.78 is 0. The van der Waals surface area contributed by atoms with E-state index in [2.05, 4.69) is 4.98 Å². The first-order valence-electron chi connectivity index (χ1n) is 5.56. The second kappa shape index (κ2) is 4.29. The Balaban J connectivity index is 2.14. The third-order valence-electron chi connectivity index (χ3n) is 2.96. The van der Waals surface area contributed by atoms with Crippen molar-refractivity contribution in [3.05, 3.63) is 28.4 Å². The van der Waals surface area contributed by atoms with Crippen molar-refractivity contribution in [2.45, 2.75) is 25.4 Å². The molecule has 1 atom stereocenters. The van der Waals surface area contributed by atoms with Crippen molar-refractivity contribution < 1.29 is 10.0 Å². The number of β-amino-alcohol motifs (C(OH)–C–C–N with tert-alkyl or cyclic N) is 1. The Kier molecular flexibility index (Phi) is 2.97. The van der Waals surface area contributed by atoms with Crippen molar-refractivity contribution in [1.82, 2.24) is 4.98 Å². The minimum absolute atomic E-state index is 0.155. The van der Waals surface area contributed by atoms with Crippen LogP contribution in [-0.4, -0.2) is 33.7 Å². The van der Waals surface area contributed by atoms with E-state index in [-0.39, 0.29) is 5.82 Å². The SMILES string of the molecule is CC1(O)CCCN(c2ccc([N+](=O)[O-])nc2)C1. The maximum atomic E-state index is 10.5. The molecule has 1 aliphatic heterocycles. The van der Waals surface area contributed by atoms with Gasteiger partial charge in [0, 0.05) is 19.2 Å². The predicted octanol–water partition coefficient (Wildman–Crippen LogP) is 1.34. The molecule has 1 aromatic rings. The van der Waals surface area contributed by atoms with E-state index >= 15 is 0 Å². The summed E-state index contributed by atoms with van der Waals surface area (Å²) in [6.45, 7) is 3.18. The van der Waals surface area contributed by atoms with Gasteiger partial charge >= 0.3 is 5.82 Å². The summed E-state index contributed by atoms with van der Waals surface area (Å²) in [6, 6.07) is 3.06. The van der Waals surface area contributed by atoms with Crippen molar-refractivity contribution in [3.8, 4) is 0 Å². The second-order valence-electron chi connectivity index (χ2n) is 4.65. The van der Waals surface area contributed by atoms with Crippen LogP contribution in [0.15, 0.2) is 18.3 Å². The highest BCUT2D eigenvalue weighted by molar-refractivity contribution is 5.47. The van der Waals surface area contributed by atoms with E-state index < -0.39 is 10.5 Å². The van der Waals surface area contributed by atoms with Gasteiger partial charge < -0.3 is 20.1 Å². The van der Waals surface area contributed by atoms with Crippen LogP contribution < -0.4 is 4.90 Å². The number of nitrogens with zero attached hydrogens (tertiary/aromatic N) is 3. The molecule has 0 bridgehead atoms. The van der Waals surface area contributed by atoms with Crippen LogP contribution in [-0.2, 0) is 0 Å². The van der Waals surface area contributed by atoms with E-state index in [1.54, 1.807) is 13.0 Å². The van der Waals surface area contributed by atoms with Crippen molar-refractivity contribution in [2.75, 3.05) is 18.0 Å². The first-order valence-corrected chi connectivity index (χ1v) is 5.56. The van der Waals surface area contributed by atoms with Gasteiger partial charge in [-0.15, -0.1) is 0 Å². The highest BCUT2D eigenvalue weighted by atomic mass is 16.6. The molecule has 6 heteroatoms.